The van der Waals surface area contributed by atoms with Gasteiger partial charge >= 0.3 is 18.2 Å². The van der Waals surface area contributed by atoms with E-state index >= 15 is 0 Å². The van der Waals surface area contributed by atoms with Crippen molar-refractivity contribution >= 4 is 0 Å². The van der Waals surface area contributed by atoms with Crippen LogP contribution in [-0.4, -0.2) is 43.8 Å². The van der Waals surface area contributed by atoms with E-state index in [-0.39, 0.29) is 0 Å². The maximum absolute atomic E-state index is 12.5. The van der Waals surface area contributed by atoms with Crippen LogP contribution in [0.1, 0.15) is 0 Å². The summed E-state index contributed by atoms with van der Waals surface area (Å²) in [5.74, 6) is -5.59. The second-order valence-electron chi connectivity index (χ2n) is 3.11. The Morgan fingerprint density at radius 1 is 0.889 bits per heavy atom. The normalized spacial score (nSPS) is 17.7. The van der Waals surface area contributed by atoms with Gasteiger partial charge in [0.15, 0.2) is 19.0 Å². The van der Waals surface area contributed by atoms with Gasteiger partial charge in [-0.05, 0) is 0 Å². The molecule has 0 aliphatic heterocycles. The molecule has 110 valence electrons. The lowest BCUT2D eigenvalue weighted by Gasteiger charge is -2.30. The van der Waals surface area contributed by atoms with Gasteiger partial charge in [-0.25, -0.2) is 13.2 Å². The first-order valence-electron chi connectivity index (χ1n) is 4.15. The zero-order chi connectivity index (χ0) is 14.8. The minimum Gasteiger partial charge on any atom is -0.299 e. The molecule has 0 saturated heterocycles. The zero-order valence-electron chi connectivity index (χ0n) is 8.26. The molecule has 0 aliphatic rings. The summed E-state index contributed by atoms with van der Waals surface area (Å²) in [5.41, 5.74) is 0. The van der Waals surface area contributed by atoms with E-state index in [0.29, 0.717) is 0 Å². The lowest BCUT2D eigenvalue weighted by atomic mass is 10.2. The van der Waals surface area contributed by atoms with Gasteiger partial charge in [-0.15, -0.1) is 0 Å². The third-order valence-electron chi connectivity index (χ3n) is 1.67. The van der Waals surface area contributed by atoms with Crippen LogP contribution in [0.2, 0.25) is 0 Å². The van der Waals surface area contributed by atoms with Gasteiger partial charge in [0.1, 0.15) is 6.67 Å². The Labute approximate surface area is 93.7 Å². The van der Waals surface area contributed by atoms with Gasteiger partial charge < -0.3 is 0 Å². The molecule has 11 heteroatoms. The molecule has 2 atom stereocenters. The third-order valence-corrected chi connectivity index (χ3v) is 1.67. The van der Waals surface area contributed by atoms with Crippen molar-refractivity contribution in [3.8, 4) is 0 Å². The Bertz CT molecular complexity index is 261. The van der Waals surface area contributed by atoms with E-state index in [4.69, 9.17) is 0 Å². The fourth-order valence-corrected chi connectivity index (χ4v) is 0.750. The van der Waals surface area contributed by atoms with Gasteiger partial charge in [0.05, 0.1) is 0 Å². The van der Waals surface area contributed by atoms with Crippen molar-refractivity contribution in [3.05, 3.63) is 0 Å². The molecule has 0 rings (SSSR count). The monoisotopic (exact) mass is 296 g/mol. The Morgan fingerprint density at radius 2 is 1.33 bits per heavy atom. The van der Waals surface area contributed by atoms with Gasteiger partial charge in [-0.3, -0.25) is 4.74 Å². The highest BCUT2D eigenvalue weighted by Gasteiger charge is 2.63. The molecule has 0 radical (unpaired) electrons. The van der Waals surface area contributed by atoms with E-state index in [0.717, 1.165) is 0 Å². The number of hydrogen-bond acceptors (Lipinski definition) is 1. The van der Waals surface area contributed by atoms with E-state index in [2.05, 4.69) is 4.74 Å². The molecular formula is C7H6F10O. The zero-order valence-corrected chi connectivity index (χ0v) is 8.26. The first-order valence-corrected chi connectivity index (χ1v) is 4.15. The smallest absolute Gasteiger partial charge is 0.299 e. The fraction of sp³-hybridized carbons (Fsp3) is 1.00. The molecule has 0 N–H and O–H groups in total. The SMILES string of the molecule is FCC(F)C(OC(F)(F)C(F)(F)CF)C(F)(F)F. The van der Waals surface area contributed by atoms with Crippen LogP contribution in [0.25, 0.3) is 0 Å². The standard InChI is InChI=1S/C7H6F10O/c8-1-3(10)4(6(13,14)15)18-7(16,17)5(11,12)2-9/h3-4H,1-2H2. The summed E-state index contributed by atoms with van der Waals surface area (Å²) in [5, 5.41) is 0. The van der Waals surface area contributed by atoms with E-state index in [1.807, 2.05) is 0 Å². The van der Waals surface area contributed by atoms with Crippen LogP contribution >= 0.6 is 0 Å². The van der Waals surface area contributed by atoms with E-state index < -0.39 is 43.8 Å². The predicted octanol–water partition coefficient (Wildman–Crippen LogP) is 3.44. The Balaban J connectivity index is 5.11. The quantitative estimate of drug-likeness (QED) is 0.682. The summed E-state index contributed by atoms with van der Waals surface area (Å²) < 4.78 is 123. The maximum atomic E-state index is 12.5. The molecule has 0 fully saturated rings. The topological polar surface area (TPSA) is 9.23 Å². The molecule has 18 heavy (non-hydrogen) atoms. The van der Waals surface area contributed by atoms with Crippen molar-refractivity contribution in [2.45, 2.75) is 30.5 Å². The fourth-order valence-electron chi connectivity index (χ4n) is 0.750. The van der Waals surface area contributed by atoms with E-state index in [1.165, 1.54) is 0 Å². The number of rotatable bonds is 6. The van der Waals surface area contributed by atoms with Crippen LogP contribution in [0, 0.1) is 0 Å². The summed E-state index contributed by atoms with van der Waals surface area (Å²) >= 11 is 0. The molecule has 0 spiro atoms. The lowest BCUT2D eigenvalue weighted by molar-refractivity contribution is -0.398. The Kier molecular flexibility index (Phi) is 5.27. The average Bonchev–Trinajstić information content (AvgIpc) is 2.23. The number of ether oxygens (including phenoxy) is 1. The van der Waals surface area contributed by atoms with Crippen molar-refractivity contribution in [1.82, 2.24) is 0 Å². The first kappa shape index (κ1) is 17.3. The highest BCUT2D eigenvalue weighted by atomic mass is 19.4. The van der Waals surface area contributed by atoms with Gasteiger partial charge in [0.25, 0.3) is 0 Å². The minimum atomic E-state index is -5.93. The van der Waals surface area contributed by atoms with Crippen LogP contribution in [0.4, 0.5) is 43.9 Å². The molecule has 1 nitrogen and oxygen atoms in total. The Morgan fingerprint density at radius 3 is 1.61 bits per heavy atom. The molecule has 0 amide bonds. The summed E-state index contributed by atoms with van der Waals surface area (Å²) in [7, 11) is 0. The third kappa shape index (κ3) is 3.89. The molecule has 0 bridgehead atoms. The predicted molar refractivity (Wildman–Crippen MR) is 37.7 cm³/mol. The van der Waals surface area contributed by atoms with Crippen molar-refractivity contribution in [3.63, 3.8) is 0 Å². The van der Waals surface area contributed by atoms with Crippen LogP contribution < -0.4 is 0 Å². The maximum Gasteiger partial charge on any atom is 0.422 e. The summed E-state index contributed by atoms with van der Waals surface area (Å²) in [6.07, 6.45) is -19.6. The molecule has 0 saturated carbocycles. The molecule has 0 aromatic carbocycles. The van der Waals surface area contributed by atoms with Gasteiger partial charge in [0.2, 0.25) is 0 Å². The van der Waals surface area contributed by atoms with Gasteiger partial charge in [-0.2, -0.15) is 30.7 Å². The van der Waals surface area contributed by atoms with Crippen LogP contribution in [0.5, 0.6) is 0 Å². The molecule has 0 heterocycles. The molecule has 0 aliphatic carbocycles. The molecule has 0 aromatic rings. The first-order chi connectivity index (χ1) is 7.89. The largest absolute Gasteiger partial charge is 0.422 e. The number of hydrogen-bond donors (Lipinski definition) is 0. The number of alkyl halides is 10. The lowest BCUT2D eigenvalue weighted by Crippen LogP contribution is -2.52. The van der Waals surface area contributed by atoms with Crippen LogP contribution in [-0.2, 0) is 4.74 Å². The second-order valence-corrected chi connectivity index (χ2v) is 3.11. The number of halogens is 10. The van der Waals surface area contributed by atoms with Crippen molar-refractivity contribution < 1.29 is 48.6 Å². The highest BCUT2D eigenvalue weighted by Crippen LogP contribution is 2.40. The summed E-state index contributed by atoms with van der Waals surface area (Å²) in [6, 6.07) is 0. The Hall–Kier alpha value is -0.740. The molecule has 0 aromatic heterocycles. The van der Waals surface area contributed by atoms with Crippen molar-refractivity contribution in [1.29, 1.82) is 0 Å². The molecule has 2 unspecified atom stereocenters. The average molecular weight is 296 g/mol. The van der Waals surface area contributed by atoms with Gasteiger partial charge in [0, 0.05) is 0 Å². The second kappa shape index (κ2) is 5.49. The van der Waals surface area contributed by atoms with Crippen LogP contribution in [0.3, 0.4) is 0 Å². The minimum absolute atomic E-state index is 2.39. The van der Waals surface area contributed by atoms with Crippen molar-refractivity contribution in [2.24, 2.45) is 0 Å². The summed E-state index contributed by atoms with van der Waals surface area (Å²) in [6.45, 7) is -5.42. The van der Waals surface area contributed by atoms with Crippen LogP contribution in [0.15, 0.2) is 0 Å². The van der Waals surface area contributed by atoms with Gasteiger partial charge in [-0.1, -0.05) is 0 Å². The van der Waals surface area contributed by atoms with E-state index in [9.17, 15) is 43.9 Å². The summed E-state index contributed by atoms with van der Waals surface area (Å²) in [4.78, 5) is 0. The van der Waals surface area contributed by atoms with Crippen molar-refractivity contribution in [2.75, 3.05) is 13.3 Å². The highest BCUT2D eigenvalue weighted by molar-refractivity contribution is 4.83. The molecular weight excluding hydrogens is 290 g/mol. The van der Waals surface area contributed by atoms with E-state index in [1.54, 1.807) is 0 Å².